The number of carbonyl (C=O) groups is 1. The third-order valence-corrected chi connectivity index (χ3v) is 3.42. The molecule has 0 aliphatic carbocycles. The van der Waals surface area contributed by atoms with E-state index in [-0.39, 0.29) is 12.5 Å². The minimum Gasteiger partial charge on any atom is -0.392 e. The van der Waals surface area contributed by atoms with Crippen LogP contribution in [0.4, 0.5) is 5.69 Å². The number of anilines is 1. The van der Waals surface area contributed by atoms with Gasteiger partial charge in [0.15, 0.2) is 0 Å². The van der Waals surface area contributed by atoms with E-state index < -0.39 is 0 Å². The predicted octanol–water partition coefficient (Wildman–Crippen LogP) is 3.51. The van der Waals surface area contributed by atoms with Gasteiger partial charge < -0.3 is 10.4 Å². The molecule has 1 amide bonds. The van der Waals surface area contributed by atoms with Crippen LogP contribution in [0.25, 0.3) is 0 Å². The van der Waals surface area contributed by atoms with Gasteiger partial charge in [0.1, 0.15) is 0 Å². The van der Waals surface area contributed by atoms with Gasteiger partial charge in [0.25, 0.3) is 0 Å². The summed E-state index contributed by atoms with van der Waals surface area (Å²) in [7, 11) is 0. The Morgan fingerprint density at radius 1 is 1.10 bits per heavy atom. The van der Waals surface area contributed by atoms with E-state index in [9.17, 15) is 4.79 Å². The molecule has 0 heterocycles. The fourth-order valence-electron chi connectivity index (χ4n) is 1.92. The van der Waals surface area contributed by atoms with E-state index in [0.717, 1.165) is 21.3 Å². The number of aryl methyl sites for hydroxylation is 1. The molecule has 4 heteroatoms. The maximum atomic E-state index is 11.9. The number of halogens is 1. The lowest BCUT2D eigenvalue weighted by Gasteiger charge is -2.07. The molecule has 0 aliphatic heterocycles. The lowest BCUT2D eigenvalue weighted by Crippen LogP contribution is -2.12. The molecular formula is C16H16BrNO2. The average molecular weight is 334 g/mol. The van der Waals surface area contributed by atoms with Crippen molar-refractivity contribution >= 4 is 27.5 Å². The lowest BCUT2D eigenvalue weighted by atomic mass is 10.1. The number of hydrogen-bond acceptors (Lipinski definition) is 2. The maximum Gasteiger partial charge on any atom is 0.224 e. The SMILES string of the molecule is O=C(CCc1cccc(Br)c1)Nc1cccc(CO)c1. The van der Waals surface area contributed by atoms with Crippen LogP contribution in [0.1, 0.15) is 17.5 Å². The molecule has 0 unspecified atom stereocenters. The fraction of sp³-hybridized carbons (Fsp3) is 0.188. The van der Waals surface area contributed by atoms with Gasteiger partial charge in [-0.1, -0.05) is 40.2 Å². The van der Waals surface area contributed by atoms with Gasteiger partial charge in [-0.3, -0.25) is 4.79 Å². The van der Waals surface area contributed by atoms with Gasteiger partial charge in [-0.2, -0.15) is 0 Å². The van der Waals surface area contributed by atoms with Crippen molar-refractivity contribution in [2.45, 2.75) is 19.4 Å². The van der Waals surface area contributed by atoms with Crippen LogP contribution in [0.15, 0.2) is 53.0 Å². The molecular weight excluding hydrogens is 318 g/mol. The van der Waals surface area contributed by atoms with E-state index in [2.05, 4.69) is 21.2 Å². The molecule has 2 aromatic carbocycles. The Morgan fingerprint density at radius 3 is 2.60 bits per heavy atom. The quantitative estimate of drug-likeness (QED) is 0.879. The fourth-order valence-corrected chi connectivity index (χ4v) is 2.37. The van der Waals surface area contributed by atoms with Gasteiger partial charge >= 0.3 is 0 Å². The Morgan fingerprint density at radius 2 is 1.85 bits per heavy atom. The Bertz CT molecular complexity index is 599. The van der Waals surface area contributed by atoms with Crippen LogP contribution in [0.3, 0.4) is 0 Å². The zero-order chi connectivity index (χ0) is 14.4. The second-order valence-electron chi connectivity index (χ2n) is 4.54. The van der Waals surface area contributed by atoms with Crippen molar-refractivity contribution in [3.63, 3.8) is 0 Å². The number of aliphatic hydroxyl groups excluding tert-OH is 1. The number of carbonyl (C=O) groups excluding carboxylic acids is 1. The van der Waals surface area contributed by atoms with Crippen LogP contribution in [-0.4, -0.2) is 11.0 Å². The van der Waals surface area contributed by atoms with Gasteiger partial charge in [0, 0.05) is 16.6 Å². The number of amides is 1. The summed E-state index contributed by atoms with van der Waals surface area (Å²) in [4.78, 5) is 11.9. The molecule has 0 atom stereocenters. The number of hydrogen-bond donors (Lipinski definition) is 2. The normalized spacial score (nSPS) is 10.3. The topological polar surface area (TPSA) is 49.3 Å². The van der Waals surface area contributed by atoms with Crippen LogP contribution < -0.4 is 5.32 Å². The Balaban J connectivity index is 1.89. The van der Waals surface area contributed by atoms with Crippen molar-refractivity contribution in [3.05, 3.63) is 64.1 Å². The second-order valence-corrected chi connectivity index (χ2v) is 5.45. The Hall–Kier alpha value is -1.65. The minimum absolute atomic E-state index is 0.0260. The highest BCUT2D eigenvalue weighted by Crippen LogP contribution is 2.14. The highest BCUT2D eigenvalue weighted by Gasteiger charge is 2.04. The predicted molar refractivity (Wildman–Crippen MR) is 83.5 cm³/mol. The largest absolute Gasteiger partial charge is 0.392 e. The molecule has 2 N–H and O–H groups in total. The van der Waals surface area contributed by atoms with Gasteiger partial charge in [-0.25, -0.2) is 0 Å². The first-order valence-electron chi connectivity index (χ1n) is 6.41. The highest BCUT2D eigenvalue weighted by molar-refractivity contribution is 9.10. The summed E-state index contributed by atoms with van der Waals surface area (Å²) in [5.41, 5.74) is 2.63. The summed E-state index contributed by atoms with van der Waals surface area (Å²) in [5, 5.41) is 11.9. The molecule has 104 valence electrons. The van der Waals surface area contributed by atoms with Crippen molar-refractivity contribution in [3.8, 4) is 0 Å². The van der Waals surface area contributed by atoms with E-state index in [4.69, 9.17) is 5.11 Å². The maximum absolute atomic E-state index is 11.9. The third-order valence-electron chi connectivity index (χ3n) is 2.92. The molecule has 20 heavy (non-hydrogen) atoms. The Labute approximate surface area is 126 Å². The molecule has 0 saturated heterocycles. The first-order chi connectivity index (χ1) is 9.67. The summed E-state index contributed by atoms with van der Waals surface area (Å²) >= 11 is 3.41. The van der Waals surface area contributed by atoms with E-state index in [1.54, 1.807) is 6.07 Å². The molecule has 0 fully saturated rings. The van der Waals surface area contributed by atoms with E-state index >= 15 is 0 Å². The number of nitrogens with one attached hydrogen (secondary N) is 1. The molecule has 0 spiro atoms. The van der Waals surface area contributed by atoms with Crippen molar-refractivity contribution in [1.29, 1.82) is 0 Å². The van der Waals surface area contributed by atoms with Crippen LogP contribution in [0, 0.1) is 0 Å². The van der Waals surface area contributed by atoms with Crippen molar-refractivity contribution in [2.75, 3.05) is 5.32 Å². The number of rotatable bonds is 5. The summed E-state index contributed by atoms with van der Waals surface area (Å²) in [6.45, 7) is -0.0260. The summed E-state index contributed by atoms with van der Waals surface area (Å²) in [6, 6.07) is 15.2. The minimum atomic E-state index is -0.0277. The first-order valence-corrected chi connectivity index (χ1v) is 7.21. The molecule has 0 aliphatic rings. The molecule has 3 nitrogen and oxygen atoms in total. The highest BCUT2D eigenvalue weighted by atomic mass is 79.9. The van der Waals surface area contributed by atoms with Crippen LogP contribution in [-0.2, 0) is 17.8 Å². The molecule has 0 saturated carbocycles. The lowest BCUT2D eigenvalue weighted by molar-refractivity contribution is -0.116. The van der Waals surface area contributed by atoms with Gasteiger partial charge in [-0.05, 0) is 41.8 Å². The molecule has 0 aromatic heterocycles. The van der Waals surface area contributed by atoms with E-state index in [0.29, 0.717) is 12.8 Å². The van der Waals surface area contributed by atoms with Gasteiger partial charge in [0.05, 0.1) is 6.61 Å². The van der Waals surface area contributed by atoms with Crippen LogP contribution >= 0.6 is 15.9 Å². The smallest absolute Gasteiger partial charge is 0.224 e. The van der Waals surface area contributed by atoms with Gasteiger partial charge in [-0.15, -0.1) is 0 Å². The summed E-state index contributed by atoms with van der Waals surface area (Å²) in [6.07, 6.45) is 1.13. The summed E-state index contributed by atoms with van der Waals surface area (Å²) in [5.74, 6) is -0.0277. The Kier molecular flexibility index (Phi) is 5.32. The average Bonchev–Trinajstić information content (AvgIpc) is 2.45. The second kappa shape index (κ2) is 7.22. The molecule has 2 aromatic rings. The molecule has 0 bridgehead atoms. The monoisotopic (exact) mass is 333 g/mol. The van der Waals surface area contributed by atoms with Crippen molar-refractivity contribution in [1.82, 2.24) is 0 Å². The van der Waals surface area contributed by atoms with Crippen molar-refractivity contribution in [2.24, 2.45) is 0 Å². The number of aliphatic hydroxyl groups is 1. The molecule has 0 radical (unpaired) electrons. The first kappa shape index (κ1) is 14.8. The van der Waals surface area contributed by atoms with Crippen LogP contribution in [0.5, 0.6) is 0 Å². The van der Waals surface area contributed by atoms with Crippen LogP contribution in [0.2, 0.25) is 0 Å². The number of benzene rings is 2. The third kappa shape index (κ3) is 4.47. The van der Waals surface area contributed by atoms with Crippen molar-refractivity contribution < 1.29 is 9.90 Å². The van der Waals surface area contributed by atoms with Gasteiger partial charge in [0.2, 0.25) is 5.91 Å². The zero-order valence-electron chi connectivity index (χ0n) is 11.0. The van der Waals surface area contributed by atoms with E-state index in [1.165, 1.54) is 0 Å². The zero-order valence-corrected chi connectivity index (χ0v) is 12.6. The standard InChI is InChI=1S/C16H16BrNO2/c17-14-5-1-3-12(9-14)7-8-16(20)18-15-6-2-4-13(10-15)11-19/h1-6,9-10,19H,7-8,11H2,(H,18,20). The molecule has 2 rings (SSSR count). The van der Waals surface area contributed by atoms with E-state index in [1.807, 2.05) is 42.5 Å². The summed E-state index contributed by atoms with van der Waals surface area (Å²) < 4.78 is 1.02.